The number of hydrogen-bond donors (Lipinski definition) is 1. The van der Waals surface area contributed by atoms with Gasteiger partial charge in [0.05, 0.1) is 17.1 Å². The first-order valence-electron chi connectivity index (χ1n) is 6.73. The Balaban J connectivity index is 1.84. The topological polar surface area (TPSA) is 63.8 Å². The minimum atomic E-state index is -0.154. The lowest BCUT2D eigenvalue weighted by atomic mass is 10.2. The van der Waals surface area contributed by atoms with Crippen LogP contribution in [0.4, 0.5) is 5.69 Å². The maximum atomic E-state index is 10.9. The predicted octanol–water partition coefficient (Wildman–Crippen LogP) is 4.48. The van der Waals surface area contributed by atoms with E-state index in [4.69, 9.17) is 16.3 Å². The van der Waals surface area contributed by atoms with Crippen molar-refractivity contribution in [1.82, 2.24) is 4.57 Å². The number of nitroso groups, excluding NO2 is 1. The van der Waals surface area contributed by atoms with Gasteiger partial charge in [0.25, 0.3) is 0 Å². The van der Waals surface area contributed by atoms with E-state index >= 15 is 0 Å². The summed E-state index contributed by atoms with van der Waals surface area (Å²) in [5.74, 6) is 0.424. The highest BCUT2D eigenvalue weighted by molar-refractivity contribution is 6.32. The quantitative estimate of drug-likeness (QED) is 0.706. The molecule has 0 unspecified atom stereocenters. The second kappa shape index (κ2) is 6.07. The molecule has 0 atom stereocenters. The van der Waals surface area contributed by atoms with Gasteiger partial charge in [-0.3, -0.25) is 0 Å². The third kappa shape index (κ3) is 2.51. The number of rotatable bonds is 5. The molecule has 0 aliphatic carbocycles. The largest absolute Gasteiger partial charge is 0.493 e. The monoisotopic (exact) mass is 316 g/mol. The zero-order valence-electron chi connectivity index (χ0n) is 11.6. The minimum Gasteiger partial charge on any atom is -0.493 e. The number of halogens is 1. The zero-order chi connectivity index (χ0) is 15.5. The highest BCUT2D eigenvalue weighted by Gasteiger charge is 2.16. The lowest BCUT2D eigenvalue weighted by molar-refractivity contribution is 0.291. The summed E-state index contributed by atoms with van der Waals surface area (Å²) in [7, 11) is 0. The molecule has 112 valence electrons. The molecule has 0 fully saturated rings. The van der Waals surface area contributed by atoms with Crippen molar-refractivity contribution >= 4 is 28.2 Å². The highest BCUT2D eigenvalue weighted by Crippen LogP contribution is 2.38. The van der Waals surface area contributed by atoms with Gasteiger partial charge in [0.2, 0.25) is 5.88 Å². The van der Waals surface area contributed by atoms with Gasteiger partial charge in [-0.2, -0.15) is 0 Å². The first-order chi connectivity index (χ1) is 10.7. The Morgan fingerprint density at radius 1 is 1.14 bits per heavy atom. The number of benzene rings is 2. The summed E-state index contributed by atoms with van der Waals surface area (Å²) in [6.45, 7) is 0.668. The third-order valence-corrected chi connectivity index (χ3v) is 3.73. The van der Waals surface area contributed by atoms with E-state index < -0.39 is 0 Å². The summed E-state index contributed by atoms with van der Waals surface area (Å²) in [5, 5.41) is 14.2. The molecular formula is C16H13ClN2O3. The molecule has 0 aliphatic rings. The van der Waals surface area contributed by atoms with E-state index in [-0.39, 0.29) is 11.6 Å². The number of aromatic hydroxyl groups is 1. The van der Waals surface area contributed by atoms with Gasteiger partial charge >= 0.3 is 0 Å². The molecule has 22 heavy (non-hydrogen) atoms. The maximum absolute atomic E-state index is 10.9. The van der Waals surface area contributed by atoms with Crippen molar-refractivity contribution in [3.63, 3.8) is 0 Å². The molecule has 1 N–H and O–H groups in total. The van der Waals surface area contributed by atoms with E-state index in [0.717, 1.165) is 5.52 Å². The van der Waals surface area contributed by atoms with E-state index in [1.807, 2.05) is 24.3 Å². The number of fused-ring (bicyclic) bond motifs is 1. The number of para-hydroxylation sites is 2. The number of ether oxygens (including phenoxy) is 1. The third-order valence-electron chi connectivity index (χ3n) is 3.42. The molecule has 0 saturated heterocycles. The summed E-state index contributed by atoms with van der Waals surface area (Å²) in [6, 6.07) is 14.4. The lowest BCUT2D eigenvalue weighted by Crippen LogP contribution is -2.07. The van der Waals surface area contributed by atoms with Gasteiger partial charge in [-0.25, -0.2) is 0 Å². The molecule has 0 amide bonds. The number of hydrogen-bond acceptors (Lipinski definition) is 4. The van der Waals surface area contributed by atoms with Crippen LogP contribution in [0, 0.1) is 4.91 Å². The molecule has 0 radical (unpaired) electrons. The van der Waals surface area contributed by atoms with Crippen molar-refractivity contribution in [2.24, 2.45) is 5.18 Å². The number of nitrogens with zero attached hydrogens (tertiary/aromatic N) is 2. The smallest absolute Gasteiger partial charge is 0.222 e. The van der Waals surface area contributed by atoms with Crippen molar-refractivity contribution in [2.45, 2.75) is 6.54 Å². The molecule has 5 nitrogen and oxygen atoms in total. The summed E-state index contributed by atoms with van der Waals surface area (Å²) >= 11 is 6.02. The van der Waals surface area contributed by atoms with Gasteiger partial charge in [-0.15, -0.1) is 4.91 Å². The van der Waals surface area contributed by atoms with Gasteiger partial charge < -0.3 is 14.4 Å². The average Bonchev–Trinajstić information content (AvgIpc) is 2.81. The van der Waals surface area contributed by atoms with Crippen molar-refractivity contribution in [3.05, 3.63) is 58.5 Å². The molecule has 0 bridgehead atoms. The molecule has 0 spiro atoms. The van der Waals surface area contributed by atoms with Crippen LogP contribution in [-0.2, 0) is 6.54 Å². The van der Waals surface area contributed by atoms with Crippen LogP contribution in [0.15, 0.2) is 53.7 Å². The molecule has 0 aliphatic heterocycles. The molecule has 2 aromatic carbocycles. The Morgan fingerprint density at radius 2 is 1.86 bits per heavy atom. The molecule has 3 aromatic rings. The fraction of sp³-hybridized carbons (Fsp3) is 0.125. The summed E-state index contributed by atoms with van der Waals surface area (Å²) in [6.07, 6.45) is 0. The van der Waals surface area contributed by atoms with Gasteiger partial charge in [-0.1, -0.05) is 41.9 Å². The number of aromatic nitrogens is 1. The van der Waals surface area contributed by atoms with Crippen LogP contribution in [0.2, 0.25) is 5.02 Å². The van der Waals surface area contributed by atoms with Crippen molar-refractivity contribution in [1.29, 1.82) is 0 Å². The molecular weight excluding hydrogens is 304 g/mol. The van der Waals surface area contributed by atoms with Crippen LogP contribution in [0.3, 0.4) is 0 Å². The highest BCUT2D eigenvalue weighted by atomic mass is 35.5. The van der Waals surface area contributed by atoms with E-state index in [1.165, 1.54) is 0 Å². The summed E-state index contributed by atoms with van der Waals surface area (Å²) < 4.78 is 7.22. The molecule has 0 saturated carbocycles. The standard InChI is InChI=1S/C16H13ClN2O3/c17-12-6-2-4-8-14(12)22-10-9-19-13-7-3-1-5-11(13)15(18-21)16(19)20/h1-8,20H,9-10H2. The van der Waals surface area contributed by atoms with E-state index in [1.54, 1.807) is 28.8 Å². The Morgan fingerprint density at radius 3 is 2.64 bits per heavy atom. The van der Waals surface area contributed by atoms with E-state index in [0.29, 0.717) is 29.3 Å². The molecule has 6 heteroatoms. The van der Waals surface area contributed by atoms with Gasteiger partial charge in [-0.05, 0) is 23.4 Å². The second-order valence-electron chi connectivity index (χ2n) is 4.71. The van der Waals surface area contributed by atoms with Crippen molar-refractivity contribution < 1.29 is 9.84 Å². The Kier molecular flexibility index (Phi) is 3.98. The van der Waals surface area contributed by atoms with Gasteiger partial charge in [0, 0.05) is 5.39 Å². The predicted molar refractivity (Wildman–Crippen MR) is 86.0 cm³/mol. The first-order valence-corrected chi connectivity index (χ1v) is 7.11. The zero-order valence-corrected chi connectivity index (χ0v) is 12.3. The molecule has 1 aromatic heterocycles. The van der Waals surface area contributed by atoms with Crippen LogP contribution in [-0.4, -0.2) is 16.3 Å². The first kappa shape index (κ1) is 14.4. The van der Waals surface area contributed by atoms with Crippen LogP contribution in [0.1, 0.15) is 0 Å². The van der Waals surface area contributed by atoms with Crippen molar-refractivity contribution in [3.8, 4) is 11.6 Å². The van der Waals surface area contributed by atoms with Crippen LogP contribution in [0.25, 0.3) is 10.9 Å². The normalized spacial score (nSPS) is 10.8. The van der Waals surface area contributed by atoms with E-state index in [2.05, 4.69) is 5.18 Å². The van der Waals surface area contributed by atoms with Crippen LogP contribution < -0.4 is 4.74 Å². The fourth-order valence-electron chi connectivity index (χ4n) is 2.40. The average molecular weight is 317 g/mol. The Labute approximate surface area is 131 Å². The fourth-order valence-corrected chi connectivity index (χ4v) is 2.59. The van der Waals surface area contributed by atoms with Gasteiger partial charge in [0.15, 0.2) is 5.69 Å². The molecule has 3 rings (SSSR count). The lowest BCUT2D eigenvalue weighted by Gasteiger charge is -2.10. The van der Waals surface area contributed by atoms with Crippen LogP contribution >= 0.6 is 11.6 Å². The summed E-state index contributed by atoms with van der Waals surface area (Å²) in [4.78, 5) is 10.9. The van der Waals surface area contributed by atoms with Crippen LogP contribution in [0.5, 0.6) is 11.6 Å². The van der Waals surface area contributed by atoms with Gasteiger partial charge in [0.1, 0.15) is 12.4 Å². The molecule has 1 heterocycles. The minimum absolute atomic E-state index is 0.0494. The second-order valence-corrected chi connectivity index (χ2v) is 5.12. The summed E-state index contributed by atoms with van der Waals surface area (Å²) in [5.41, 5.74) is 0.783. The SMILES string of the molecule is O=Nc1c(O)n(CCOc2ccccc2Cl)c2ccccc12. The Bertz CT molecular complexity index is 829. The Hall–Kier alpha value is -2.53. The van der Waals surface area contributed by atoms with E-state index in [9.17, 15) is 10.0 Å². The van der Waals surface area contributed by atoms with Crippen molar-refractivity contribution in [2.75, 3.05) is 6.61 Å². The maximum Gasteiger partial charge on any atom is 0.222 e.